The van der Waals surface area contributed by atoms with Crippen LogP contribution in [0.5, 0.6) is 0 Å². The Balaban J connectivity index is 2.03. The molecule has 0 amide bonds. The standard InChI is InChI=1S/C10H8BrFN4/c11-10-14-9-2-1-8(16(9)15-10)6-3-7(12)5-13-4-6/h3-5,8H,1-2H2. The van der Waals surface area contributed by atoms with E-state index in [0.717, 1.165) is 24.2 Å². The summed E-state index contributed by atoms with van der Waals surface area (Å²) in [5.74, 6) is 0.617. The second-order valence-electron chi connectivity index (χ2n) is 3.73. The van der Waals surface area contributed by atoms with Crippen LogP contribution < -0.4 is 0 Å². The smallest absolute Gasteiger partial charge is 0.217 e. The van der Waals surface area contributed by atoms with E-state index in [0.29, 0.717) is 4.73 Å². The Labute approximate surface area is 99.7 Å². The summed E-state index contributed by atoms with van der Waals surface area (Å²) in [7, 11) is 0. The maximum absolute atomic E-state index is 13.1. The fraction of sp³-hybridized carbons (Fsp3) is 0.300. The number of pyridine rings is 1. The molecule has 0 saturated heterocycles. The zero-order valence-electron chi connectivity index (χ0n) is 8.27. The van der Waals surface area contributed by atoms with Crippen LogP contribution in [0.3, 0.4) is 0 Å². The lowest BCUT2D eigenvalue weighted by Gasteiger charge is -2.10. The molecule has 82 valence electrons. The van der Waals surface area contributed by atoms with Crippen LogP contribution in [0.1, 0.15) is 23.9 Å². The van der Waals surface area contributed by atoms with Crippen molar-refractivity contribution < 1.29 is 4.39 Å². The normalized spacial score (nSPS) is 18.8. The summed E-state index contributed by atoms with van der Waals surface area (Å²) in [5, 5.41) is 4.25. The van der Waals surface area contributed by atoms with Gasteiger partial charge in [0.15, 0.2) is 0 Å². The molecule has 3 rings (SSSR count). The van der Waals surface area contributed by atoms with Gasteiger partial charge in [-0.1, -0.05) is 0 Å². The van der Waals surface area contributed by atoms with Crippen LogP contribution in [0.4, 0.5) is 4.39 Å². The van der Waals surface area contributed by atoms with Crippen molar-refractivity contribution in [2.75, 3.05) is 0 Å². The number of rotatable bonds is 1. The molecule has 1 aliphatic heterocycles. The SMILES string of the molecule is Fc1cncc(C2CCc3nc(Br)nn32)c1. The minimum absolute atomic E-state index is 0.0528. The minimum Gasteiger partial charge on any atom is -0.261 e. The fourth-order valence-corrected chi connectivity index (χ4v) is 2.43. The fourth-order valence-electron chi connectivity index (χ4n) is 2.05. The van der Waals surface area contributed by atoms with Crippen molar-refractivity contribution >= 4 is 15.9 Å². The molecule has 1 atom stereocenters. The van der Waals surface area contributed by atoms with Gasteiger partial charge in [-0.3, -0.25) is 4.98 Å². The van der Waals surface area contributed by atoms with Crippen molar-refractivity contribution in [1.29, 1.82) is 0 Å². The largest absolute Gasteiger partial charge is 0.261 e. The number of hydrogen-bond donors (Lipinski definition) is 0. The van der Waals surface area contributed by atoms with Gasteiger partial charge in [0, 0.05) is 12.6 Å². The van der Waals surface area contributed by atoms with Crippen LogP contribution in [0, 0.1) is 5.82 Å². The highest BCUT2D eigenvalue weighted by atomic mass is 79.9. The van der Waals surface area contributed by atoms with E-state index in [1.54, 1.807) is 6.20 Å². The molecule has 2 aromatic heterocycles. The molecule has 0 bridgehead atoms. The zero-order valence-corrected chi connectivity index (χ0v) is 9.85. The molecule has 3 heterocycles. The van der Waals surface area contributed by atoms with Crippen LogP contribution in [-0.4, -0.2) is 19.7 Å². The molecule has 1 unspecified atom stereocenters. The Bertz CT molecular complexity index is 539. The van der Waals surface area contributed by atoms with E-state index >= 15 is 0 Å². The third-order valence-corrected chi connectivity index (χ3v) is 3.06. The quantitative estimate of drug-likeness (QED) is 0.805. The molecule has 0 spiro atoms. The molecule has 4 nitrogen and oxygen atoms in total. The molecule has 0 radical (unpaired) electrons. The number of hydrogen-bond acceptors (Lipinski definition) is 3. The second-order valence-corrected chi connectivity index (χ2v) is 4.44. The topological polar surface area (TPSA) is 43.6 Å². The van der Waals surface area contributed by atoms with Crippen LogP contribution >= 0.6 is 15.9 Å². The molecular weight excluding hydrogens is 275 g/mol. The van der Waals surface area contributed by atoms with Crippen LogP contribution in [0.15, 0.2) is 23.2 Å². The molecule has 0 aliphatic carbocycles. The van der Waals surface area contributed by atoms with Crippen molar-refractivity contribution in [3.05, 3.63) is 40.4 Å². The Morgan fingerprint density at radius 3 is 3.12 bits per heavy atom. The molecule has 0 saturated carbocycles. The number of aryl methyl sites for hydroxylation is 1. The number of nitrogens with zero attached hydrogens (tertiary/aromatic N) is 4. The average Bonchev–Trinajstić information content (AvgIpc) is 2.76. The van der Waals surface area contributed by atoms with Gasteiger partial charge in [0.1, 0.15) is 11.6 Å². The first-order chi connectivity index (χ1) is 7.74. The van der Waals surface area contributed by atoms with Gasteiger partial charge in [0.2, 0.25) is 4.73 Å². The summed E-state index contributed by atoms with van der Waals surface area (Å²) in [6.07, 6.45) is 4.64. The Kier molecular flexibility index (Phi) is 2.24. The second kappa shape index (κ2) is 3.62. The summed E-state index contributed by atoms with van der Waals surface area (Å²) in [4.78, 5) is 8.10. The van der Waals surface area contributed by atoms with Gasteiger partial charge in [-0.2, -0.15) is 0 Å². The number of fused-ring (bicyclic) bond motifs is 1. The highest BCUT2D eigenvalue weighted by Gasteiger charge is 2.26. The maximum atomic E-state index is 13.1. The zero-order chi connectivity index (χ0) is 11.1. The Morgan fingerprint density at radius 1 is 1.44 bits per heavy atom. The van der Waals surface area contributed by atoms with Crippen LogP contribution in [-0.2, 0) is 6.42 Å². The predicted octanol–water partition coefficient (Wildman–Crippen LogP) is 2.11. The van der Waals surface area contributed by atoms with Crippen LogP contribution in [0.25, 0.3) is 0 Å². The van der Waals surface area contributed by atoms with E-state index in [2.05, 4.69) is 31.0 Å². The molecule has 1 aliphatic rings. The molecule has 16 heavy (non-hydrogen) atoms. The van der Waals surface area contributed by atoms with Gasteiger partial charge in [0.25, 0.3) is 0 Å². The third kappa shape index (κ3) is 1.53. The highest BCUT2D eigenvalue weighted by Crippen LogP contribution is 2.30. The van der Waals surface area contributed by atoms with Crippen molar-refractivity contribution in [3.8, 4) is 0 Å². The lowest BCUT2D eigenvalue weighted by Crippen LogP contribution is -2.08. The van der Waals surface area contributed by atoms with Crippen molar-refractivity contribution in [2.45, 2.75) is 18.9 Å². The lowest BCUT2D eigenvalue weighted by atomic mass is 10.1. The summed E-state index contributed by atoms with van der Waals surface area (Å²) in [5.41, 5.74) is 0.844. The van der Waals surface area contributed by atoms with E-state index in [9.17, 15) is 4.39 Å². The van der Waals surface area contributed by atoms with Crippen molar-refractivity contribution in [1.82, 2.24) is 19.7 Å². The third-order valence-electron chi connectivity index (χ3n) is 2.72. The van der Waals surface area contributed by atoms with E-state index < -0.39 is 0 Å². The average molecular weight is 283 g/mol. The summed E-state index contributed by atoms with van der Waals surface area (Å²) >= 11 is 3.24. The van der Waals surface area contributed by atoms with Gasteiger partial charge in [0.05, 0.1) is 12.2 Å². The van der Waals surface area contributed by atoms with Crippen molar-refractivity contribution in [3.63, 3.8) is 0 Å². The number of halogens is 2. The predicted molar refractivity (Wildman–Crippen MR) is 58.4 cm³/mol. The Morgan fingerprint density at radius 2 is 2.31 bits per heavy atom. The van der Waals surface area contributed by atoms with Crippen molar-refractivity contribution in [2.24, 2.45) is 0 Å². The summed E-state index contributed by atoms with van der Waals surface area (Å²) < 4.78 is 15.5. The summed E-state index contributed by atoms with van der Waals surface area (Å²) in [6.45, 7) is 0. The first kappa shape index (κ1) is 9.89. The first-order valence-corrected chi connectivity index (χ1v) is 5.75. The molecule has 0 N–H and O–H groups in total. The van der Waals surface area contributed by atoms with E-state index in [4.69, 9.17) is 0 Å². The maximum Gasteiger partial charge on any atom is 0.217 e. The monoisotopic (exact) mass is 282 g/mol. The molecule has 0 fully saturated rings. The van der Waals surface area contributed by atoms with Crippen LogP contribution in [0.2, 0.25) is 0 Å². The minimum atomic E-state index is -0.315. The molecule has 6 heteroatoms. The van der Waals surface area contributed by atoms with Gasteiger partial charge < -0.3 is 0 Å². The number of aromatic nitrogens is 4. The van der Waals surface area contributed by atoms with Gasteiger partial charge in [-0.05, 0) is 34.0 Å². The molecular formula is C10H8BrFN4. The summed E-state index contributed by atoms with van der Waals surface area (Å²) in [6, 6.07) is 1.56. The van der Waals surface area contributed by atoms with Gasteiger partial charge in [-0.25, -0.2) is 14.1 Å². The van der Waals surface area contributed by atoms with Gasteiger partial charge >= 0.3 is 0 Å². The molecule has 0 aromatic carbocycles. The Hall–Kier alpha value is -1.30. The first-order valence-electron chi connectivity index (χ1n) is 4.95. The molecule has 2 aromatic rings. The van der Waals surface area contributed by atoms with E-state index in [1.807, 2.05) is 4.68 Å². The lowest BCUT2D eigenvalue weighted by molar-refractivity contribution is 0.541. The van der Waals surface area contributed by atoms with Gasteiger partial charge in [-0.15, -0.1) is 5.10 Å². The van der Waals surface area contributed by atoms with E-state index in [-0.39, 0.29) is 11.9 Å². The van der Waals surface area contributed by atoms with E-state index in [1.165, 1.54) is 12.3 Å². The highest BCUT2D eigenvalue weighted by molar-refractivity contribution is 9.10.